The van der Waals surface area contributed by atoms with E-state index >= 15 is 0 Å². The maximum Gasteiger partial charge on any atom is 0.416 e. The number of hydrogen-bond acceptors (Lipinski definition) is 3. The highest BCUT2D eigenvalue weighted by atomic mass is 19.4. The van der Waals surface area contributed by atoms with Gasteiger partial charge in [-0.1, -0.05) is 0 Å². The molecule has 1 aromatic rings. The van der Waals surface area contributed by atoms with Crippen molar-refractivity contribution in [3.63, 3.8) is 0 Å². The fourth-order valence-corrected chi connectivity index (χ4v) is 2.49. The predicted molar refractivity (Wildman–Crippen MR) is 68.8 cm³/mol. The largest absolute Gasteiger partial charge is 0.416 e. The van der Waals surface area contributed by atoms with Crippen molar-refractivity contribution in [3.8, 4) is 6.07 Å². The van der Waals surface area contributed by atoms with Gasteiger partial charge in [-0.15, -0.1) is 0 Å². The molecule has 0 spiro atoms. The first-order chi connectivity index (χ1) is 9.93. The van der Waals surface area contributed by atoms with E-state index in [4.69, 9.17) is 5.26 Å². The summed E-state index contributed by atoms with van der Waals surface area (Å²) in [5.74, 6) is -0.707. The summed E-state index contributed by atoms with van der Waals surface area (Å²) in [5.41, 5.74) is -0.953. The maximum atomic E-state index is 14.0. The monoisotopic (exact) mass is 301 g/mol. The minimum Gasteiger partial charge on any atom is -0.314 e. The smallest absolute Gasteiger partial charge is 0.314 e. The second-order valence-corrected chi connectivity index (χ2v) is 4.90. The highest BCUT2D eigenvalue weighted by molar-refractivity contribution is 5.30. The van der Waals surface area contributed by atoms with Crippen LogP contribution in [-0.4, -0.2) is 31.1 Å². The summed E-state index contributed by atoms with van der Waals surface area (Å²) in [6.07, 6.45) is -4.57. The van der Waals surface area contributed by atoms with Gasteiger partial charge < -0.3 is 5.32 Å². The molecule has 1 aromatic carbocycles. The molecule has 0 amide bonds. The topological polar surface area (TPSA) is 39.1 Å². The second kappa shape index (κ2) is 6.41. The van der Waals surface area contributed by atoms with E-state index in [9.17, 15) is 17.6 Å². The Kier molecular flexibility index (Phi) is 4.80. The lowest BCUT2D eigenvalue weighted by atomic mass is 9.98. The number of alkyl halides is 3. The Bertz CT molecular complexity index is 530. The molecule has 0 saturated carbocycles. The third-order valence-corrected chi connectivity index (χ3v) is 3.56. The zero-order valence-electron chi connectivity index (χ0n) is 11.3. The van der Waals surface area contributed by atoms with Crippen LogP contribution in [0.4, 0.5) is 17.6 Å². The van der Waals surface area contributed by atoms with Gasteiger partial charge in [0.1, 0.15) is 5.82 Å². The fourth-order valence-electron chi connectivity index (χ4n) is 2.49. The molecule has 0 aromatic heterocycles. The van der Waals surface area contributed by atoms with Crippen LogP contribution < -0.4 is 5.32 Å². The first-order valence-corrected chi connectivity index (χ1v) is 6.62. The lowest BCUT2D eigenvalue weighted by Gasteiger charge is -2.34. The zero-order chi connectivity index (χ0) is 15.5. The summed E-state index contributed by atoms with van der Waals surface area (Å²) in [6.45, 7) is 2.48. The average Bonchev–Trinajstić information content (AvgIpc) is 2.45. The van der Waals surface area contributed by atoms with E-state index in [1.165, 1.54) is 0 Å². The summed E-state index contributed by atoms with van der Waals surface area (Å²) in [6, 6.07) is 3.65. The first-order valence-electron chi connectivity index (χ1n) is 6.62. The second-order valence-electron chi connectivity index (χ2n) is 4.90. The van der Waals surface area contributed by atoms with E-state index in [-0.39, 0.29) is 12.0 Å². The number of rotatable bonds is 3. The highest BCUT2D eigenvalue weighted by Gasteiger charge is 2.33. The summed E-state index contributed by atoms with van der Waals surface area (Å²) in [4.78, 5) is 1.85. The van der Waals surface area contributed by atoms with Crippen molar-refractivity contribution in [1.29, 1.82) is 5.26 Å². The molecule has 21 heavy (non-hydrogen) atoms. The first kappa shape index (κ1) is 15.7. The van der Waals surface area contributed by atoms with Crippen molar-refractivity contribution in [2.45, 2.75) is 18.6 Å². The number of nitrogens with one attached hydrogen (secondary N) is 1. The van der Waals surface area contributed by atoms with E-state index in [1.807, 2.05) is 11.0 Å². The fraction of sp³-hybridized carbons (Fsp3) is 0.500. The predicted octanol–water partition coefficient (Wildman–Crippen LogP) is 2.70. The van der Waals surface area contributed by atoms with Gasteiger partial charge in [0, 0.05) is 31.7 Å². The lowest BCUT2D eigenvalue weighted by molar-refractivity contribution is -0.137. The van der Waals surface area contributed by atoms with Crippen LogP contribution in [0.2, 0.25) is 0 Å². The van der Waals surface area contributed by atoms with Gasteiger partial charge in [-0.05, 0) is 18.2 Å². The Labute approximate surface area is 120 Å². The van der Waals surface area contributed by atoms with Gasteiger partial charge in [-0.3, -0.25) is 4.90 Å². The van der Waals surface area contributed by atoms with Crippen molar-refractivity contribution in [2.24, 2.45) is 0 Å². The van der Waals surface area contributed by atoms with Crippen LogP contribution >= 0.6 is 0 Å². The molecule has 3 nitrogen and oxygen atoms in total. The molecular weight excluding hydrogens is 286 g/mol. The molecule has 0 aliphatic carbocycles. The quantitative estimate of drug-likeness (QED) is 0.873. The molecule has 1 heterocycles. The van der Waals surface area contributed by atoms with Crippen molar-refractivity contribution >= 4 is 0 Å². The summed E-state index contributed by atoms with van der Waals surface area (Å²) >= 11 is 0. The molecule has 7 heteroatoms. The molecule has 0 radical (unpaired) electrons. The van der Waals surface area contributed by atoms with Crippen molar-refractivity contribution in [1.82, 2.24) is 10.2 Å². The molecule has 2 rings (SSSR count). The number of piperazine rings is 1. The Morgan fingerprint density at radius 1 is 1.29 bits per heavy atom. The van der Waals surface area contributed by atoms with Crippen molar-refractivity contribution < 1.29 is 17.6 Å². The number of nitriles is 1. The van der Waals surface area contributed by atoms with E-state index in [1.54, 1.807) is 0 Å². The van der Waals surface area contributed by atoms with Gasteiger partial charge in [-0.25, -0.2) is 4.39 Å². The molecule has 1 aliphatic heterocycles. The number of nitrogens with zero attached hydrogens (tertiary/aromatic N) is 2. The molecule has 0 unspecified atom stereocenters. The van der Waals surface area contributed by atoms with Crippen LogP contribution in [0.5, 0.6) is 0 Å². The molecule has 1 atom stereocenters. The van der Waals surface area contributed by atoms with Crippen LogP contribution in [-0.2, 0) is 6.18 Å². The summed E-state index contributed by atoms with van der Waals surface area (Å²) in [5, 5.41) is 12.0. The number of benzene rings is 1. The van der Waals surface area contributed by atoms with Gasteiger partial charge in [0.15, 0.2) is 0 Å². The minimum absolute atomic E-state index is 0.0434. The van der Waals surface area contributed by atoms with Gasteiger partial charge >= 0.3 is 6.18 Å². The van der Waals surface area contributed by atoms with Gasteiger partial charge in [-0.2, -0.15) is 18.4 Å². The molecule has 1 N–H and O–H groups in total. The lowest BCUT2D eigenvalue weighted by Crippen LogP contribution is -2.45. The Morgan fingerprint density at radius 2 is 1.95 bits per heavy atom. The van der Waals surface area contributed by atoms with Gasteiger partial charge in [0.05, 0.1) is 24.1 Å². The van der Waals surface area contributed by atoms with Crippen LogP contribution in [0.3, 0.4) is 0 Å². The molecule has 1 fully saturated rings. The Balaban J connectivity index is 2.37. The van der Waals surface area contributed by atoms with E-state index in [0.717, 1.165) is 18.2 Å². The summed E-state index contributed by atoms with van der Waals surface area (Å²) in [7, 11) is 0. The third-order valence-electron chi connectivity index (χ3n) is 3.56. The van der Waals surface area contributed by atoms with E-state index < -0.39 is 23.6 Å². The average molecular weight is 301 g/mol. The number of halogens is 4. The Morgan fingerprint density at radius 3 is 2.52 bits per heavy atom. The van der Waals surface area contributed by atoms with Gasteiger partial charge in [0.25, 0.3) is 0 Å². The maximum absolute atomic E-state index is 14.0. The van der Waals surface area contributed by atoms with Crippen LogP contribution in [0.25, 0.3) is 0 Å². The SMILES string of the molecule is N#CC[C@H](c1cc(C(F)(F)F)ccc1F)N1CCNCC1. The van der Waals surface area contributed by atoms with Crippen LogP contribution in [0.15, 0.2) is 18.2 Å². The summed E-state index contributed by atoms with van der Waals surface area (Å²) < 4.78 is 52.3. The standard InChI is InChI=1S/C14H15F4N3/c15-12-2-1-10(14(16,17)18)9-11(12)13(3-4-19)21-7-5-20-6-8-21/h1-2,9,13,20H,3,5-8H2/t13-/m1/s1. The zero-order valence-corrected chi connectivity index (χ0v) is 11.3. The van der Waals surface area contributed by atoms with Gasteiger partial charge in [0.2, 0.25) is 0 Å². The molecular formula is C14H15F4N3. The molecule has 0 bridgehead atoms. The van der Waals surface area contributed by atoms with Crippen LogP contribution in [0, 0.1) is 17.1 Å². The van der Waals surface area contributed by atoms with E-state index in [2.05, 4.69) is 5.32 Å². The van der Waals surface area contributed by atoms with Crippen LogP contribution in [0.1, 0.15) is 23.6 Å². The molecule has 1 saturated heterocycles. The van der Waals surface area contributed by atoms with Crippen molar-refractivity contribution in [3.05, 3.63) is 35.1 Å². The third kappa shape index (κ3) is 3.71. The Hall–Kier alpha value is -1.65. The van der Waals surface area contributed by atoms with Crippen molar-refractivity contribution in [2.75, 3.05) is 26.2 Å². The minimum atomic E-state index is -4.52. The molecule has 114 valence electrons. The van der Waals surface area contributed by atoms with E-state index in [0.29, 0.717) is 26.2 Å². The molecule has 1 aliphatic rings. The normalized spacial score (nSPS) is 18.2. The number of hydrogen-bond donors (Lipinski definition) is 1. The highest BCUT2D eigenvalue weighted by Crippen LogP contribution is 2.34.